The molecule has 1 aliphatic heterocycles. The molecule has 34 heavy (non-hydrogen) atoms. The molecule has 0 aliphatic carbocycles. The number of nitrogens with zero attached hydrogens (tertiary/aromatic N) is 2. The van der Waals surface area contributed by atoms with Gasteiger partial charge in [-0.25, -0.2) is 0 Å². The second kappa shape index (κ2) is 8.82. The maximum atomic E-state index is 13.6. The topological polar surface area (TPSA) is 54.3 Å². The number of hydrogen-bond donors (Lipinski definition) is 1. The zero-order valence-corrected chi connectivity index (χ0v) is 19.8. The van der Waals surface area contributed by atoms with E-state index in [1.807, 2.05) is 43.3 Å². The summed E-state index contributed by atoms with van der Waals surface area (Å²) in [5.74, 6) is -0.236. The molecule has 3 aromatic carbocycles. The van der Waals surface area contributed by atoms with Crippen molar-refractivity contribution < 1.29 is 9.59 Å². The SMILES string of the molecule is CCCNC(=O)CN1C(=O)c2ccccc2C1c1c(-c2ccc(C)cc2)n(C)c2ccccc12. The monoisotopic (exact) mass is 451 g/mol. The van der Waals surface area contributed by atoms with E-state index in [1.165, 1.54) is 5.56 Å². The molecule has 0 saturated heterocycles. The van der Waals surface area contributed by atoms with E-state index < -0.39 is 0 Å². The Bertz CT molecular complexity index is 1380. The molecule has 0 bridgehead atoms. The standard InChI is InChI=1S/C29H29N3O2/c1-4-17-30-25(33)18-32-28(21-9-5-6-10-22(21)29(32)34)26-23-11-7-8-12-24(23)31(3)27(26)20-15-13-19(2)14-16-20/h5-16,28H,4,17-18H2,1-3H3,(H,30,33). The molecule has 1 aromatic heterocycles. The van der Waals surface area contributed by atoms with Gasteiger partial charge in [-0.1, -0.05) is 73.2 Å². The summed E-state index contributed by atoms with van der Waals surface area (Å²) in [7, 11) is 2.07. The molecule has 0 spiro atoms. The number of nitrogens with one attached hydrogen (secondary N) is 1. The predicted octanol–water partition coefficient (Wildman–Crippen LogP) is 5.23. The lowest BCUT2D eigenvalue weighted by molar-refractivity contribution is -0.122. The highest BCUT2D eigenvalue weighted by molar-refractivity contribution is 6.03. The Balaban J connectivity index is 1.75. The van der Waals surface area contributed by atoms with Crippen molar-refractivity contribution in [3.8, 4) is 11.3 Å². The third kappa shape index (κ3) is 3.58. The van der Waals surface area contributed by atoms with Crippen LogP contribution >= 0.6 is 0 Å². The highest BCUT2D eigenvalue weighted by Crippen LogP contribution is 2.46. The molecule has 2 heterocycles. The van der Waals surface area contributed by atoms with Crippen molar-refractivity contribution >= 4 is 22.7 Å². The van der Waals surface area contributed by atoms with Crippen LogP contribution in [-0.4, -0.2) is 34.4 Å². The summed E-state index contributed by atoms with van der Waals surface area (Å²) in [6, 6.07) is 24.2. The quantitative estimate of drug-likeness (QED) is 0.437. The van der Waals surface area contributed by atoms with Crippen LogP contribution in [0, 0.1) is 6.92 Å². The summed E-state index contributed by atoms with van der Waals surface area (Å²) in [5, 5.41) is 4.03. The number of rotatable bonds is 6. The normalized spacial score (nSPS) is 15.1. The minimum absolute atomic E-state index is 0.0226. The molecule has 5 rings (SSSR count). The van der Waals surface area contributed by atoms with Crippen LogP contribution in [0.1, 0.15) is 46.4 Å². The van der Waals surface area contributed by atoms with Crippen molar-refractivity contribution in [3.63, 3.8) is 0 Å². The Labute approximate surface area is 200 Å². The van der Waals surface area contributed by atoms with Gasteiger partial charge in [0.1, 0.15) is 6.54 Å². The van der Waals surface area contributed by atoms with E-state index >= 15 is 0 Å². The largest absolute Gasteiger partial charge is 0.355 e. The first-order valence-electron chi connectivity index (χ1n) is 11.8. The summed E-state index contributed by atoms with van der Waals surface area (Å²) in [5.41, 5.74) is 7.11. The van der Waals surface area contributed by atoms with E-state index in [0.717, 1.165) is 39.7 Å². The van der Waals surface area contributed by atoms with Crippen LogP contribution in [0.25, 0.3) is 22.2 Å². The Morgan fingerprint density at radius 3 is 2.44 bits per heavy atom. The van der Waals surface area contributed by atoms with Crippen molar-refractivity contribution in [1.82, 2.24) is 14.8 Å². The van der Waals surface area contributed by atoms with Crippen LogP contribution in [-0.2, 0) is 11.8 Å². The second-order valence-electron chi connectivity index (χ2n) is 8.98. The van der Waals surface area contributed by atoms with Gasteiger partial charge >= 0.3 is 0 Å². The molecule has 5 heteroatoms. The number of fused-ring (bicyclic) bond motifs is 2. The molecule has 0 saturated carbocycles. The van der Waals surface area contributed by atoms with Gasteiger partial charge in [-0.05, 0) is 36.6 Å². The molecule has 1 N–H and O–H groups in total. The van der Waals surface area contributed by atoms with Gasteiger partial charge in [0, 0.05) is 35.6 Å². The van der Waals surface area contributed by atoms with Crippen LogP contribution in [0.15, 0.2) is 72.8 Å². The maximum Gasteiger partial charge on any atom is 0.255 e. The number of carbonyl (C=O) groups is 2. The Morgan fingerprint density at radius 2 is 1.68 bits per heavy atom. The van der Waals surface area contributed by atoms with Crippen LogP contribution in [0.4, 0.5) is 0 Å². The molecule has 1 aliphatic rings. The van der Waals surface area contributed by atoms with Crippen LogP contribution < -0.4 is 5.32 Å². The molecule has 1 atom stereocenters. The van der Waals surface area contributed by atoms with Crippen molar-refractivity contribution in [2.75, 3.05) is 13.1 Å². The Hall–Kier alpha value is -3.86. The van der Waals surface area contributed by atoms with E-state index in [-0.39, 0.29) is 24.4 Å². The minimum atomic E-state index is -0.349. The average molecular weight is 452 g/mol. The van der Waals surface area contributed by atoms with E-state index in [0.29, 0.717) is 12.1 Å². The van der Waals surface area contributed by atoms with Gasteiger partial charge in [-0.3, -0.25) is 9.59 Å². The number of para-hydroxylation sites is 1. The highest BCUT2D eigenvalue weighted by atomic mass is 16.2. The highest BCUT2D eigenvalue weighted by Gasteiger charge is 2.41. The van der Waals surface area contributed by atoms with Crippen molar-refractivity contribution in [1.29, 1.82) is 0 Å². The average Bonchev–Trinajstić information content (AvgIpc) is 3.29. The lowest BCUT2D eigenvalue weighted by Crippen LogP contribution is -2.39. The second-order valence-corrected chi connectivity index (χ2v) is 8.98. The van der Waals surface area contributed by atoms with Gasteiger partial charge in [-0.2, -0.15) is 0 Å². The number of hydrogen-bond acceptors (Lipinski definition) is 2. The molecule has 2 amide bonds. The minimum Gasteiger partial charge on any atom is -0.355 e. The first-order valence-corrected chi connectivity index (χ1v) is 11.8. The first kappa shape index (κ1) is 22.0. The Kier molecular flexibility index (Phi) is 5.70. The summed E-state index contributed by atoms with van der Waals surface area (Å²) >= 11 is 0. The van der Waals surface area contributed by atoms with Gasteiger partial charge in [0.05, 0.1) is 11.7 Å². The number of benzene rings is 3. The zero-order valence-electron chi connectivity index (χ0n) is 19.8. The maximum absolute atomic E-state index is 13.6. The van der Waals surface area contributed by atoms with Gasteiger partial charge in [0.2, 0.25) is 5.91 Å². The molecular formula is C29H29N3O2. The summed E-state index contributed by atoms with van der Waals surface area (Å²) < 4.78 is 2.20. The summed E-state index contributed by atoms with van der Waals surface area (Å²) in [6.07, 6.45) is 0.851. The molecule has 172 valence electrons. The van der Waals surface area contributed by atoms with Crippen LogP contribution in [0.5, 0.6) is 0 Å². The third-order valence-corrected chi connectivity index (χ3v) is 6.69. The lowest BCUT2D eigenvalue weighted by atomic mass is 9.93. The van der Waals surface area contributed by atoms with E-state index in [1.54, 1.807) is 4.90 Å². The number of aromatic nitrogens is 1. The molecule has 0 radical (unpaired) electrons. The smallest absolute Gasteiger partial charge is 0.255 e. The molecule has 4 aromatic rings. The van der Waals surface area contributed by atoms with Gasteiger partial charge < -0.3 is 14.8 Å². The van der Waals surface area contributed by atoms with Crippen LogP contribution in [0.3, 0.4) is 0 Å². The Morgan fingerprint density at radius 1 is 0.971 bits per heavy atom. The van der Waals surface area contributed by atoms with Crippen molar-refractivity contribution in [2.45, 2.75) is 26.3 Å². The number of amides is 2. The third-order valence-electron chi connectivity index (χ3n) is 6.69. The van der Waals surface area contributed by atoms with Crippen molar-refractivity contribution in [2.24, 2.45) is 7.05 Å². The summed E-state index contributed by atoms with van der Waals surface area (Å²) in [4.78, 5) is 28.1. The first-order chi connectivity index (χ1) is 16.5. The fourth-order valence-electron chi connectivity index (χ4n) is 5.08. The van der Waals surface area contributed by atoms with E-state index in [4.69, 9.17) is 0 Å². The molecular weight excluding hydrogens is 422 g/mol. The zero-order chi connectivity index (χ0) is 23.8. The summed E-state index contributed by atoms with van der Waals surface area (Å²) in [6.45, 7) is 4.72. The number of carbonyl (C=O) groups excluding carboxylic acids is 2. The molecule has 5 nitrogen and oxygen atoms in total. The molecule has 0 fully saturated rings. The van der Waals surface area contributed by atoms with Crippen molar-refractivity contribution in [3.05, 3.63) is 95.1 Å². The van der Waals surface area contributed by atoms with Gasteiger partial charge in [0.15, 0.2) is 0 Å². The fourth-order valence-corrected chi connectivity index (χ4v) is 5.08. The van der Waals surface area contributed by atoms with E-state index in [2.05, 4.69) is 60.3 Å². The van der Waals surface area contributed by atoms with Crippen LogP contribution in [0.2, 0.25) is 0 Å². The fraction of sp³-hybridized carbons (Fsp3) is 0.241. The van der Waals surface area contributed by atoms with Gasteiger partial charge in [0.25, 0.3) is 5.91 Å². The van der Waals surface area contributed by atoms with Gasteiger partial charge in [-0.15, -0.1) is 0 Å². The molecule has 1 unspecified atom stereocenters. The predicted molar refractivity (Wildman–Crippen MR) is 136 cm³/mol. The number of aryl methyl sites for hydroxylation is 2. The lowest BCUT2D eigenvalue weighted by Gasteiger charge is -2.26. The van der Waals surface area contributed by atoms with E-state index in [9.17, 15) is 9.59 Å².